The Morgan fingerprint density at radius 2 is 1.07 bits per heavy atom. The molecule has 0 amide bonds. The molecule has 0 saturated heterocycles. The molecule has 0 fully saturated rings. The van der Waals surface area contributed by atoms with Crippen molar-refractivity contribution in [3.8, 4) is 22.3 Å². The van der Waals surface area contributed by atoms with Gasteiger partial charge in [-0.1, -0.05) is 114 Å². The molecule has 0 bridgehead atoms. The summed E-state index contributed by atoms with van der Waals surface area (Å²) in [5.74, 6) is 0. The summed E-state index contributed by atoms with van der Waals surface area (Å²) in [6.45, 7) is 13.9. The number of thiophene rings is 1. The minimum Gasteiger partial charge on any atom is -0.135 e. The monoisotopic (exact) mass is 548 g/mol. The highest BCUT2D eigenvalue weighted by Gasteiger charge is 2.21. The highest BCUT2D eigenvalue weighted by Crippen LogP contribution is 2.45. The molecule has 0 aliphatic rings. The van der Waals surface area contributed by atoms with E-state index in [4.69, 9.17) is 0 Å². The van der Waals surface area contributed by atoms with E-state index in [0.29, 0.717) is 0 Å². The van der Waals surface area contributed by atoms with Gasteiger partial charge in [0.15, 0.2) is 0 Å². The van der Waals surface area contributed by atoms with Gasteiger partial charge in [0.1, 0.15) is 0 Å². The molecule has 0 spiro atoms. The summed E-state index contributed by atoms with van der Waals surface area (Å²) in [7, 11) is 0. The minimum absolute atomic E-state index is 0.0466. The maximum atomic E-state index is 2.45. The van der Waals surface area contributed by atoms with Gasteiger partial charge in [0.2, 0.25) is 0 Å². The Bertz CT molecular complexity index is 2110. The first-order valence-corrected chi connectivity index (χ1v) is 15.4. The number of rotatable bonds is 2. The van der Waals surface area contributed by atoms with Crippen LogP contribution in [0.1, 0.15) is 52.7 Å². The second-order valence-electron chi connectivity index (χ2n) is 13.5. The van der Waals surface area contributed by atoms with E-state index in [9.17, 15) is 0 Å². The van der Waals surface area contributed by atoms with E-state index in [1.807, 2.05) is 11.3 Å². The molecule has 1 heteroatoms. The smallest absolute Gasteiger partial charge is 0.0434 e. The van der Waals surface area contributed by atoms with Crippen LogP contribution in [0.25, 0.3) is 64.0 Å². The van der Waals surface area contributed by atoms with Gasteiger partial charge in [0, 0.05) is 20.2 Å². The second-order valence-corrected chi connectivity index (χ2v) is 14.5. The Labute approximate surface area is 247 Å². The van der Waals surface area contributed by atoms with E-state index < -0.39 is 0 Å². The van der Waals surface area contributed by atoms with Gasteiger partial charge in [-0.25, -0.2) is 0 Å². The zero-order valence-corrected chi connectivity index (χ0v) is 25.6. The van der Waals surface area contributed by atoms with Gasteiger partial charge >= 0.3 is 0 Å². The van der Waals surface area contributed by atoms with Gasteiger partial charge in [0.05, 0.1) is 0 Å². The Balaban J connectivity index is 1.49. The first-order chi connectivity index (χ1) is 19.6. The van der Waals surface area contributed by atoms with Crippen LogP contribution >= 0.6 is 11.3 Å². The lowest BCUT2D eigenvalue weighted by Gasteiger charge is -2.21. The van der Waals surface area contributed by atoms with Crippen molar-refractivity contribution >= 4 is 53.1 Å². The van der Waals surface area contributed by atoms with Crippen LogP contribution in [0.3, 0.4) is 0 Å². The Kier molecular flexibility index (Phi) is 5.89. The van der Waals surface area contributed by atoms with Crippen LogP contribution in [0, 0.1) is 0 Å². The highest BCUT2D eigenvalue weighted by molar-refractivity contribution is 7.26. The minimum atomic E-state index is 0.0466. The molecule has 0 unspecified atom stereocenters. The lowest BCUT2D eigenvalue weighted by molar-refractivity contribution is 0.590. The van der Waals surface area contributed by atoms with Gasteiger partial charge in [0.25, 0.3) is 0 Å². The standard InChI is InChI=1S/C40H36S/c1-39(2,3)28-18-19-37-35(22-28)36-24-29(40(4,5)6)23-34(38(36)41-37)26-14-11-13-25(20-26)33-21-27-12-7-8-15-30(27)31-16-9-10-17-32(31)33/h7-24H,1-6H3. The van der Waals surface area contributed by atoms with E-state index >= 15 is 0 Å². The molecule has 1 aromatic heterocycles. The number of benzene rings is 6. The second kappa shape index (κ2) is 9.29. The SMILES string of the molecule is CC(C)(C)c1ccc2sc3c(-c4cccc(-c5cc6ccccc6c6ccccc56)c4)cc(C(C)(C)C)cc3c2c1. The van der Waals surface area contributed by atoms with Crippen molar-refractivity contribution < 1.29 is 0 Å². The topological polar surface area (TPSA) is 0 Å². The maximum absolute atomic E-state index is 2.45. The molecule has 0 atom stereocenters. The highest BCUT2D eigenvalue weighted by atomic mass is 32.1. The predicted octanol–water partition coefficient (Wildman–Crippen LogP) is 12.3. The largest absolute Gasteiger partial charge is 0.135 e. The third-order valence-corrected chi connectivity index (χ3v) is 9.78. The van der Waals surface area contributed by atoms with Crippen LogP contribution < -0.4 is 0 Å². The molecule has 6 aromatic carbocycles. The fourth-order valence-corrected chi connectivity index (χ4v) is 7.34. The zero-order chi connectivity index (χ0) is 28.5. The van der Waals surface area contributed by atoms with Gasteiger partial charge in [-0.15, -0.1) is 11.3 Å². The molecule has 0 nitrogen and oxygen atoms in total. The summed E-state index contributed by atoms with van der Waals surface area (Å²) < 4.78 is 2.73. The van der Waals surface area contributed by atoms with Gasteiger partial charge < -0.3 is 0 Å². The first-order valence-electron chi connectivity index (χ1n) is 14.6. The average molecular weight is 549 g/mol. The first kappa shape index (κ1) is 26.0. The van der Waals surface area contributed by atoms with Gasteiger partial charge in [-0.05, 0) is 102 Å². The average Bonchev–Trinajstić information content (AvgIpc) is 3.33. The number of hydrogen-bond acceptors (Lipinski definition) is 1. The molecule has 0 N–H and O–H groups in total. The van der Waals surface area contributed by atoms with Crippen LogP contribution in [0.15, 0.2) is 109 Å². The summed E-state index contributed by atoms with van der Waals surface area (Å²) in [5, 5.41) is 7.95. The Morgan fingerprint density at radius 1 is 0.439 bits per heavy atom. The third kappa shape index (κ3) is 4.44. The van der Waals surface area contributed by atoms with E-state index in [-0.39, 0.29) is 10.8 Å². The molecule has 41 heavy (non-hydrogen) atoms. The van der Waals surface area contributed by atoms with Crippen molar-refractivity contribution in [2.45, 2.75) is 52.4 Å². The van der Waals surface area contributed by atoms with Crippen molar-refractivity contribution in [3.05, 3.63) is 120 Å². The molecule has 7 rings (SSSR count). The van der Waals surface area contributed by atoms with Crippen molar-refractivity contribution in [2.75, 3.05) is 0 Å². The normalized spacial score (nSPS) is 12.6. The van der Waals surface area contributed by atoms with E-state index in [1.54, 1.807) is 0 Å². The number of hydrogen-bond donors (Lipinski definition) is 0. The Morgan fingerprint density at radius 3 is 1.80 bits per heavy atom. The third-order valence-electron chi connectivity index (χ3n) is 8.56. The molecular formula is C40H36S. The van der Waals surface area contributed by atoms with Crippen LogP contribution in [0.4, 0.5) is 0 Å². The lowest BCUT2D eigenvalue weighted by atomic mass is 9.83. The molecule has 0 saturated carbocycles. The van der Waals surface area contributed by atoms with Crippen LogP contribution in [-0.2, 0) is 10.8 Å². The zero-order valence-electron chi connectivity index (χ0n) is 24.8. The molecule has 0 aliphatic heterocycles. The summed E-state index contributed by atoms with van der Waals surface area (Å²) >= 11 is 1.93. The van der Waals surface area contributed by atoms with Crippen LogP contribution in [0.2, 0.25) is 0 Å². The van der Waals surface area contributed by atoms with Gasteiger partial charge in [-0.2, -0.15) is 0 Å². The molecule has 1 heterocycles. The van der Waals surface area contributed by atoms with Crippen molar-refractivity contribution in [3.63, 3.8) is 0 Å². The number of fused-ring (bicyclic) bond motifs is 6. The fraction of sp³-hybridized carbons (Fsp3) is 0.200. The van der Waals surface area contributed by atoms with Crippen molar-refractivity contribution in [1.29, 1.82) is 0 Å². The van der Waals surface area contributed by atoms with E-state index in [0.717, 1.165) is 0 Å². The van der Waals surface area contributed by atoms with Crippen LogP contribution in [0.5, 0.6) is 0 Å². The molecule has 0 aliphatic carbocycles. The summed E-state index contributed by atoms with van der Waals surface area (Å²) in [4.78, 5) is 0. The summed E-state index contributed by atoms with van der Waals surface area (Å²) in [5.41, 5.74) is 8.08. The molecule has 202 valence electrons. The van der Waals surface area contributed by atoms with E-state index in [1.165, 1.54) is 75.1 Å². The molecule has 0 radical (unpaired) electrons. The van der Waals surface area contributed by atoms with Crippen LogP contribution in [-0.4, -0.2) is 0 Å². The summed E-state index contributed by atoms with van der Waals surface area (Å²) in [6.07, 6.45) is 0. The van der Waals surface area contributed by atoms with Crippen molar-refractivity contribution in [1.82, 2.24) is 0 Å². The molecule has 7 aromatic rings. The fourth-order valence-electron chi connectivity index (χ4n) is 6.14. The predicted molar refractivity (Wildman–Crippen MR) is 183 cm³/mol. The lowest BCUT2D eigenvalue weighted by Crippen LogP contribution is -2.11. The van der Waals surface area contributed by atoms with E-state index in [2.05, 4.69) is 151 Å². The Hall–Kier alpha value is -3.94. The molecular weight excluding hydrogens is 513 g/mol. The van der Waals surface area contributed by atoms with Crippen molar-refractivity contribution in [2.24, 2.45) is 0 Å². The summed E-state index contributed by atoms with van der Waals surface area (Å²) in [6, 6.07) is 41.1. The quantitative estimate of drug-likeness (QED) is 0.188. The van der Waals surface area contributed by atoms with Gasteiger partial charge in [-0.3, -0.25) is 0 Å². The maximum Gasteiger partial charge on any atom is 0.0434 e.